The Bertz CT molecular complexity index is 577. The summed E-state index contributed by atoms with van der Waals surface area (Å²) in [5.74, 6) is -0.898. The van der Waals surface area contributed by atoms with Crippen molar-refractivity contribution in [2.75, 3.05) is 13.2 Å². The van der Waals surface area contributed by atoms with E-state index in [2.05, 4.69) is 13.0 Å². The summed E-state index contributed by atoms with van der Waals surface area (Å²) in [6, 6.07) is 0. The molecule has 6 heteroatoms. The first-order valence-corrected chi connectivity index (χ1v) is 11.2. The quantitative estimate of drug-likeness (QED) is 0.141. The molecule has 0 aliphatic heterocycles. The van der Waals surface area contributed by atoms with Gasteiger partial charge in [-0.15, -0.1) is 0 Å². The van der Waals surface area contributed by atoms with E-state index in [4.69, 9.17) is 14.6 Å². The van der Waals surface area contributed by atoms with Crippen LogP contribution in [0.2, 0.25) is 0 Å². The van der Waals surface area contributed by atoms with Crippen molar-refractivity contribution < 1.29 is 29.3 Å². The van der Waals surface area contributed by atoms with Crippen LogP contribution < -0.4 is 0 Å². The Morgan fingerprint density at radius 3 is 2.42 bits per heavy atom. The van der Waals surface area contributed by atoms with E-state index in [-0.39, 0.29) is 25.6 Å². The van der Waals surface area contributed by atoms with Crippen molar-refractivity contribution >= 4 is 11.9 Å². The van der Waals surface area contributed by atoms with Gasteiger partial charge in [-0.3, -0.25) is 9.59 Å². The largest absolute Gasteiger partial charge is 0.462 e. The summed E-state index contributed by atoms with van der Waals surface area (Å²) in [5.41, 5.74) is 0. The zero-order chi connectivity index (χ0) is 23.2. The van der Waals surface area contributed by atoms with Gasteiger partial charge >= 0.3 is 11.9 Å². The molecule has 0 aromatic heterocycles. The van der Waals surface area contributed by atoms with Crippen LogP contribution in [0.4, 0.5) is 0 Å². The van der Waals surface area contributed by atoms with Crippen molar-refractivity contribution in [3.05, 3.63) is 48.6 Å². The molecular weight excluding hydrogens is 396 g/mol. The van der Waals surface area contributed by atoms with E-state index in [9.17, 15) is 14.7 Å². The van der Waals surface area contributed by atoms with E-state index in [1.54, 1.807) is 6.08 Å². The molecule has 2 atom stereocenters. The van der Waals surface area contributed by atoms with Gasteiger partial charge in [0.25, 0.3) is 0 Å². The second-order valence-electron chi connectivity index (χ2n) is 7.28. The predicted molar refractivity (Wildman–Crippen MR) is 123 cm³/mol. The highest BCUT2D eigenvalue weighted by Crippen LogP contribution is 2.03. The summed E-state index contributed by atoms with van der Waals surface area (Å²) >= 11 is 0. The number of aliphatic hydroxyl groups excluding tert-OH is 2. The number of esters is 2. The van der Waals surface area contributed by atoms with E-state index < -0.39 is 18.2 Å². The summed E-state index contributed by atoms with van der Waals surface area (Å²) in [6.07, 6.45) is 22.4. The van der Waals surface area contributed by atoms with Crippen LogP contribution in [0.1, 0.15) is 71.6 Å². The fourth-order valence-corrected chi connectivity index (χ4v) is 2.57. The standard InChI is InChI=1S/C25H40O6/c1-3-4-5-6-11-14-17-23(28)18-15-12-9-7-8-10-13-16-19-25(29)30-21-24(20-26)31-22(2)27/h8-12,14-15,18,23-24,26,28H,3-7,13,16-17,19-21H2,1-2H3/b10-8-,12-9-,14-11-,18-15+/t23-,24+/m1/s1. The maximum absolute atomic E-state index is 11.6. The second-order valence-corrected chi connectivity index (χ2v) is 7.28. The zero-order valence-corrected chi connectivity index (χ0v) is 19.1. The lowest BCUT2D eigenvalue weighted by atomic mass is 10.1. The Labute approximate surface area is 187 Å². The highest BCUT2D eigenvalue weighted by atomic mass is 16.6. The Morgan fingerprint density at radius 2 is 1.71 bits per heavy atom. The number of carbonyl (C=O) groups excluding carboxylic acids is 2. The summed E-state index contributed by atoms with van der Waals surface area (Å²) in [6.45, 7) is 2.91. The first-order valence-electron chi connectivity index (χ1n) is 11.2. The number of hydrogen-bond acceptors (Lipinski definition) is 6. The van der Waals surface area contributed by atoms with Gasteiger partial charge in [-0.2, -0.15) is 0 Å². The molecule has 0 saturated heterocycles. The molecule has 0 heterocycles. The molecule has 0 radical (unpaired) electrons. The minimum absolute atomic E-state index is 0.132. The van der Waals surface area contributed by atoms with Crippen LogP contribution >= 0.6 is 0 Å². The molecule has 0 unspecified atom stereocenters. The lowest BCUT2D eigenvalue weighted by Crippen LogP contribution is -2.27. The average molecular weight is 437 g/mol. The number of rotatable bonds is 18. The third kappa shape index (κ3) is 20.9. The highest BCUT2D eigenvalue weighted by molar-refractivity contribution is 5.69. The lowest BCUT2D eigenvalue weighted by molar-refractivity contribution is -0.159. The van der Waals surface area contributed by atoms with Gasteiger partial charge in [0.05, 0.1) is 12.7 Å². The summed E-state index contributed by atoms with van der Waals surface area (Å²) in [4.78, 5) is 22.4. The Hall–Kier alpha value is -2.18. The minimum Gasteiger partial charge on any atom is -0.462 e. The topological polar surface area (TPSA) is 93.1 Å². The molecule has 0 rings (SSSR count). The molecule has 0 saturated carbocycles. The van der Waals surface area contributed by atoms with Gasteiger partial charge in [0.1, 0.15) is 6.61 Å². The molecule has 0 aliphatic rings. The average Bonchev–Trinajstić information content (AvgIpc) is 2.74. The molecule has 0 bridgehead atoms. The van der Waals surface area contributed by atoms with Crippen molar-refractivity contribution in [2.45, 2.75) is 83.8 Å². The number of ether oxygens (including phenoxy) is 2. The van der Waals surface area contributed by atoms with Crippen LogP contribution in [0.5, 0.6) is 0 Å². The maximum Gasteiger partial charge on any atom is 0.305 e. The number of aliphatic hydroxyl groups is 2. The Morgan fingerprint density at radius 1 is 0.968 bits per heavy atom. The SMILES string of the molecule is CCCCC/C=C\C[C@@H](O)/C=C/C=C\C/C=C\CCCC(=O)OC[C@H](CO)OC(C)=O. The molecule has 0 aromatic carbocycles. The zero-order valence-electron chi connectivity index (χ0n) is 19.1. The van der Waals surface area contributed by atoms with Crippen LogP contribution in [-0.4, -0.2) is 47.6 Å². The monoisotopic (exact) mass is 436 g/mol. The maximum atomic E-state index is 11.6. The van der Waals surface area contributed by atoms with Crippen molar-refractivity contribution in [2.24, 2.45) is 0 Å². The first kappa shape index (κ1) is 28.8. The second kappa shape index (κ2) is 21.1. The predicted octanol–water partition coefficient (Wildman–Crippen LogP) is 4.57. The normalized spacial score (nSPS) is 14.1. The number of carbonyl (C=O) groups is 2. The first-order chi connectivity index (χ1) is 15.0. The van der Waals surface area contributed by atoms with Crippen LogP contribution in [0, 0.1) is 0 Å². The highest BCUT2D eigenvalue weighted by Gasteiger charge is 2.13. The van der Waals surface area contributed by atoms with Crippen LogP contribution in [0.25, 0.3) is 0 Å². The fourth-order valence-electron chi connectivity index (χ4n) is 2.57. The molecule has 6 nitrogen and oxygen atoms in total. The van der Waals surface area contributed by atoms with E-state index in [1.807, 2.05) is 36.5 Å². The van der Waals surface area contributed by atoms with Gasteiger partial charge in [-0.1, -0.05) is 68.4 Å². The molecule has 0 fully saturated rings. The smallest absolute Gasteiger partial charge is 0.305 e. The molecular formula is C25H40O6. The van der Waals surface area contributed by atoms with Gasteiger partial charge in [0.15, 0.2) is 6.10 Å². The molecule has 0 aliphatic carbocycles. The Balaban J connectivity index is 3.76. The number of unbranched alkanes of at least 4 members (excludes halogenated alkanes) is 4. The molecule has 0 amide bonds. The molecule has 0 aromatic rings. The number of hydrogen-bond donors (Lipinski definition) is 2. The summed E-state index contributed by atoms with van der Waals surface area (Å²) in [5, 5.41) is 18.9. The van der Waals surface area contributed by atoms with E-state index in [0.717, 1.165) is 19.3 Å². The van der Waals surface area contributed by atoms with E-state index >= 15 is 0 Å². The molecule has 176 valence electrons. The van der Waals surface area contributed by atoms with Crippen LogP contribution in [0.15, 0.2) is 48.6 Å². The van der Waals surface area contributed by atoms with Crippen molar-refractivity contribution in [1.82, 2.24) is 0 Å². The van der Waals surface area contributed by atoms with E-state index in [1.165, 1.54) is 26.2 Å². The van der Waals surface area contributed by atoms with Gasteiger partial charge in [0.2, 0.25) is 0 Å². The van der Waals surface area contributed by atoms with Gasteiger partial charge in [-0.25, -0.2) is 0 Å². The van der Waals surface area contributed by atoms with Crippen molar-refractivity contribution in [3.8, 4) is 0 Å². The van der Waals surface area contributed by atoms with E-state index in [0.29, 0.717) is 12.8 Å². The van der Waals surface area contributed by atoms with Crippen LogP contribution in [-0.2, 0) is 19.1 Å². The van der Waals surface area contributed by atoms with Gasteiger partial charge in [0, 0.05) is 13.3 Å². The van der Waals surface area contributed by atoms with Crippen molar-refractivity contribution in [1.29, 1.82) is 0 Å². The minimum atomic E-state index is -0.810. The summed E-state index contributed by atoms with van der Waals surface area (Å²) < 4.78 is 9.78. The van der Waals surface area contributed by atoms with Crippen LogP contribution in [0.3, 0.4) is 0 Å². The Kier molecular flexibility index (Phi) is 19.6. The number of allylic oxidation sites excluding steroid dienone is 6. The van der Waals surface area contributed by atoms with Gasteiger partial charge in [-0.05, 0) is 38.5 Å². The third-order valence-corrected chi connectivity index (χ3v) is 4.26. The molecule has 2 N–H and O–H groups in total. The molecule has 31 heavy (non-hydrogen) atoms. The fraction of sp³-hybridized carbons (Fsp3) is 0.600. The third-order valence-electron chi connectivity index (χ3n) is 4.26. The summed E-state index contributed by atoms with van der Waals surface area (Å²) in [7, 11) is 0. The van der Waals surface area contributed by atoms with Crippen molar-refractivity contribution in [3.63, 3.8) is 0 Å². The van der Waals surface area contributed by atoms with Gasteiger partial charge < -0.3 is 19.7 Å². The lowest BCUT2D eigenvalue weighted by Gasteiger charge is -2.14. The molecule has 0 spiro atoms.